The highest BCUT2D eigenvalue weighted by molar-refractivity contribution is 5.34. The van der Waals surface area contributed by atoms with Crippen molar-refractivity contribution in [1.29, 1.82) is 5.26 Å². The molecule has 1 N–H and O–H groups in total. The number of aromatic nitrogens is 1. The Hall–Kier alpha value is -1.31. The minimum atomic E-state index is 0.670. The van der Waals surface area contributed by atoms with Crippen molar-refractivity contribution in [2.45, 2.75) is 57.7 Å². The van der Waals surface area contributed by atoms with Crippen molar-refractivity contribution in [3.8, 4) is 6.07 Å². The second kappa shape index (κ2) is 5.96. The molecule has 1 aromatic rings. The number of likely N-dealkylation sites (tertiary alicyclic amines) is 1. The Kier molecular flexibility index (Phi) is 3.95. The summed E-state index contributed by atoms with van der Waals surface area (Å²) in [5.74, 6) is 1.64. The Balaban J connectivity index is 1.43. The molecule has 1 aromatic heterocycles. The topological polar surface area (TPSA) is 44.0 Å². The zero-order valence-electron chi connectivity index (χ0n) is 14.4. The van der Waals surface area contributed by atoms with E-state index in [0.717, 1.165) is 30.1 Å². The van der Waals surface area contributed by atoms with Gasteiger partial charge in [-0.1, -0.05) is 6.42 Å². The lowest BCUT2D eigenvalue weighted by atomic mass is 9.73. The first-order valence-corrected chi connectivity index (χ1v) is 9.20. The van der Waals surface area contributed by atoms with Gasteiger partial charge in [0, 0.05) is 44.5 Å². The average molecular weight is 312 g/mol. The van der Waals surface area contributed by atoms with E-state index in [4.69, 9.17) is 0 Å². The fourth-order valence-electron chi connectivity index (χ4n) is 4.82. The van der Waals surface area contributed by atoms with Crippen LogP contribution < -0.4 is 5.32 Å². The SMILES string of the molecule is Cc1c(CNC2[C@H]3CCC[C@H]2CN(C2CC2)C3)cc(C#N)n1C. The van der Waals surface area contributed by atoms with Crippen molar-refractivity contribution in [2.75, 3.05) is 13.1 Å². The largest absolute Gasteiger partial charge is 0.340 e. The molecule has 2 bridgehead atoms. The number of nitriles is 1. The van der Waals surface area contributed by atoms with E-state index in [-0.39, 0.29) is 0 Å². The van der Waals surface area contributed by atoms with Crippen LogP contribution in [0.2, 0.25) is 0 Å². The molecule has 2 saturated carbocycles. The van der Waals surface area contributed by atoms with E-state index >= 15 is 0 Å². The third kappa shape index (κ3) is 2.81. The van der Waals surface area contributed by atoms with Crippen molar-refractivity contribution >= 4 is 0 Å². The molecule has 4 nitrogen and oxygen atoms in total. The average Bonchev–Trinajstić information content (AvgIpc) is 3.34. The second-order valence-electron chi connectivity index (χ2n) is 7.85. The summed E-state index contributed by atoms with van der Waals surface area (Å²) in [6.45, 7) is 5.63. The highest BCUT2D eigenvalue weighted by atomic mass is 15.2. The normalized spacial score (nSPS) is 31.1. The van der Waals surface area contributed by atoms with E-state index in [2.05, 4.69) is 29.3 Å². The number of nitrogens with zero attached hydrogens (tertiary/aromatic N) is 3. The summed E-state index contributed by atoms with van der Waals surface area (Å²) in [6, 6.07) is 5.92. The lowest BCUT2D eigenvalue weighted by Crippen LogP contribution is -2.57. The number of piperidine rings is 1. The van der Waals surface area contributed by atoms with Gasteiger partial charge in [-0.05, 0) is 56.1 Å². The first kappa shape index (κ1) is 15.2. The van der Waals surface area contributed by atoms with Crippen LogP contribution in [0.4, 0.5) is 0 Å². The molecule has 2 heterocycles. The van der Waals surface area contributed by atoms with Gasteiger partial charge in [0.05, 0.1) is 0 Å². The van der Waals surface area contributed by atoms with Gasteiger partial charge in [0.1, 0.15) is 11.8 Å². The predicted octanol–water partition coefficient (Wildman–Crippen LogP) is 2.56. The number of fused-ring (bicyclic) bond motifs is 2. The molecule has 2 atom stereocenters. The molecule has 0 aromatic carbocycles. The van der Waals surface area contributed by atoms with Crippen LogP contribution in [0, 0.1) is 30.1 Å². The molecule has 2 aliphatic carbocycles. The van der Waals surface area contributed by atoms with Crippen molar-refractivity contribution in [3.05, 3.63) is 23.0 Å². The van der Waals surface area contributed by atoms with E-state index in [9.17, 15) is 5.26 Å². The summed E-state index contributed by atoms with van der Waals surface area (Å²) in [4.78, 5) is 2.77. The van der Waals surface area contributed by atoms with Crippen LogP contribution in [-0.2, 0) is 13.6 Å². The molecule has 23 heavy (non-hydrogen) atoms. The van der Waals surface area contributed by atoms with Crippen LogP contribution in [0.3, 0.4) is 0 Å². The Morgan fingerprint density at radius 1 is 1.22 bits per heavy atom. The smallest absolute Gasteiger partial charge is 0.120 e. The molecule has 3 fully saturated rings. The first-order valence-electron chi connectivity index (χ1n) is 9.20. The summed E-state index contributed by atoms with van der Waals surface area (Å²) in [5.41, 5.74) is 3.27. The molecule has 0 amide bonds. The van der Waals surface area contributed by atoms with Gasteiger partial charge in [0.25, 0.3) is 0 Å². The molecule has 4 rings (SSSR count). The van der Waals surface area contributed by atoms with Gasteiger partial charge in [-0.25, -0.2) is 0 Å². The molecule has 0 spiro atoms. The summed E-state index contributed by atoms with van der Waals surface area (Å²) in [6.07, 6.45) is 7.04. The maximum absolute atomic E-state index is 9.19. The number of hydrogen-bond acceptors (Lipinski definition) is 3. The van der Waals surface area contributed by atoms with Crippen LogP contribution in [0.25, 0.3) is 0 Å². The minimum Gasteiger partial charge on any atom is -0.340 e. The number of nitrogens with one attached hydrogen (secondary N) is 1. The Bertz CT molecular complexity index is 608. The van der Waals surface area contributed by atoms with E-state index < -0.39 is 0 Å². The fraction of sp³-hybridized carbons (Fsp3) is 0.737. The molecule has 0 radical (unpaired) electrons. The maximum atomic E-state index is 9.19. The van der Waals surface area contributed by atoms with Crippen LogP contribution in [0.15, 0.2) is 6.07 Å². The number of hydrogen-bond donors (Lipinski definition) is 1. The standard InChI is InChI=1S/C19H28N4/c1-13-16(8-18(9-20)22(13)2)10-21-19-14-4-3-5-15(19)12-23(11-14)17-6-7-17/h8,14-15,17,19,21H,3-7,10-12H2,1-2H3/t14-,15-/m0/s1. The van der Waals surface area contributed by atoms with Crippen LogP contribution in [-0.4, -0.2) is 34.6 Å². The summed E-state index contributed by atoms with van der Waals surface area (Å²) < 4.78 is 2.01. The molecule has 1 saturated heterocycles. The highest BCUT2D eigenvalue weighted by Crippen LogP contribution is 2.39. The second-order valence-corrected chi connectivity index (χ2v) is 7.85. The summed E-state index contributed by atoms with van der Waals surface area (Å²) in [7, 11) is 1.99. The van der Waals surface area contributed by atoms with Crippen molar-refractivity contribution < 1.29 is 0 Å². The van der Waals surface area contributed by atoms with Crippen molar-refractivity contribution in [2.24, 2.45) is 18.9 Å². The van der Waals surface area contributed by atoms with Crippen LogP contribution in [0.1, 0.15) is 49.1 Å². The minimum absolute atomic E-state index is 0.670. The van der Waals surface area contributed by atoms with Gasteiger partial charge in [-0.3, -0.25) is 4.90 Å². The van der Waals surface area contributed by atoms with Crippen LogP contribution in [0.5, 0.6) is 0 Å². The zero-order valence-corrected chi connectivity index (χ0v) is 14.4. The van der Waals surface area contributed by atoms with E-state index in [1.165, 1.54) is 56.5 Å². The Labute approximate surface area is 139 Å². The number of rotatable bonds is 4. The lowest BCUT2D eigenvalue weighted by molar-refractivity contribution is 0.0413. The van der Waals surface area contributed by atoms with Gasteiger partial charge in [-0.15, -0.1) is 0 Å². The Morgan fingerprint density at radius 2 is 1.91 bits per heavy atom. The summed E-state index contributed by atoms with van der Waals surface area (Å²) in [5, 5.41) is 13.1. The predicted molar refractivity (Wildman–Crippen MR) is 90.9 cm³/mol. The lowest BCUT2D eigenvalue weighted by Gasteiger charge is -2.48. The third-order valence-corrected chi connectivity index (χ3v) is 6.45. The van der Waals surface area contributed by atoms with Gasteiger partial charge in [0.2, 0.25) is 0 Å². The van der Waals surface area contributed by atoms with Gasteiger partial charge < -0.3 is 9.88 Å². The van der Waals surface area contributed by atoms with Crippen LogP contribution >= 0.6 is 0 Å². The first-order chi connectivity index (χ1) is 11.2. The molecule has 0 unspecified atom stereocenters. The van der Waals surface area contributed by atoms with Gasteiger partial charge in [0.15, 0.2) is 0 Å². The maximum Gasteiger partial charge on any atom is 0.120 e. The van der Waals surface area contributed by atoms with Gasteiger partial charge in [-0.2, -0.15) is 5.26 Å². The van der Waals surface area contributed by atoms with E-state index in [0.29, 0.717) is 6.04 Å². The Morgan fingerprint density at radius 3 is 2.48 bits per heavy atom. The molecule has 4 heteroatoms. The molecule has 1 aliphatic heterocycles. The molecular formula is C19H28N4. The van der Waals surface area contributed by atoms with E-state index in [1.807, 2.05) is 11.6 Å². The summed E-state index contributed by atoms with van der Waals surface area (Å²) >= 11 is 0. The van der Waals surface area contributed by atoms with Gasteiger partial charge >= 0.3 is 0 Å². The fourth-order valence-corrected chi connectivity index (χ4v) is 4.82. The molecule has 124 valence electrons. The third-order valence-electron chi connectivity index (χ3n) is 6.45. The monoisotopic (exact) mass is 312 g/mol. The molecule has 3 aliphatic rings. The quantitative estimate of drug-likeness (QED) is 0.929. The van der Waals surface area contributed by atoms with Crippen molar-refractivity contribution in [3.63, 3.8) is 0 Å². The van der Waals surface area contributed by atoms with E-state index in [1.54, 1.807) is 0 Å². The zero-order chi connectivity index (χ0) is 16.0. The van der Waals surface area contributed by atoms with Crippen molar-refractivity contribution in [1.82, 2.24) is 14.8 Å². The molecular weight excluding hydrogens is 284 g/mol. The highest BCUT2D eigenvalue weighted by Gasteiger charge is 2.43.